The molecule has 0 aliphatic rings. The Hall–Kier alpha value is -4.84. The van der Waals surface area contributed by atoms with E-state index in [2.05, 4.69) is 0 Å². The van der Waals surface area contributed by atoms with Crippen LogP contribution in [0, 0.1) is 0 Å². The first kappa shape index (κ1) is 22.9. The Balaban J connectivity index is 1.34. The van der Waals surface area contributed by atoms with E-state index in [1.165, 1.54) is 24.3 Å². The first-order chi connectivity index (χ1) is 17.6. The Morgan fingerprint density at radius 2 is 0.750 bits per heavy atom. The maximum Gasteiger partial charge on any atom is 0.343 e. The zero-order valence-corrected chi connectivity index (χ0v) is 19.7. The van der Waals surface area contributed by atoms with E-state index in [-0.39, 0.29) is 0 Å². The van der Waals surface area contributed by atoms with E-state index >= 15 is 0 Å². The van der Waals surface area contributed by atoms with Gasteiger partial charge in [-0.25, -0.2) is 9.59 Å². The molecule has 5 aromatic carbocycles. The molecule has 0 aromatic heterocycles. The monoisotopic (exact) mass is 478 g/mol. The van der Waals surface area contributed by atoms with Crippen molar-refractivity contribution >= 4 is 33.5 Å². The summed E-state index contributed by atoms with van der Waals surface area (Å²) in [5.74, 6) is 1.16. The third-order valence-corrected chi connectivity index (χ3v) is 5.89. The Labute approximate surface area is 207 Å². The van der Waals surface area contributed by atoms with Gasteiger partial charge in [0, 0.05) is 21.5 Å². The van der Waals surface area contributed by atoms with E-state index in [0.717, 1.165) is 21.5 Å². The Morgan fingerprint density at radius 3 is 1.08 bits per heavy atom. The largest absolute Gasteiger partial charge is 0.496 e. The SMILES string of the molecule is COc1cccc2c(OC(=O)c3ccc(C(=O)Oc4cccc5c(OC)cccc45)cc3)cccc12. The van der Waals surface area contributed by atoms with Crippen molar-refractivity contribution in [1.82, 2.24) is 0 Å². The first-order valence-electron chi connectivity index (χ1n) is 11.2. The van der Waals surface area contributed by atoms with Gasteiger partial charge in [-0.2, -0.15) is 0 Å². The summed E-state index contributed by atoms with van der Waals surface area (Å²) < 4.78 is 22.1. The number of carbonyl (C=O) groups excluding carboxylic acids is 2. The molecule has 36 heavy (non-hydrogen) atoms. The van der Waals surface area contributed by atoms with Gasteiger partial charge >= 0.3 is 11.9 Å². The van der Waals surface area contributed by atoms with Gasteiger partial charge in [-0.1, -0.05) is 48.5 Å². The van der Waals surface area contributed by atoms with Gasteiger partial charge in [0.15, 0.2) is 0 Å². The maximum absolute atomic E-state index is 12.8. The van der Waals surface area contributed by atoms with E-state index in [0.29, 0.717) is 34.1 Å². The number of methoxy groups -OCH3 is 2. The van der Waals surface area contributed by atoms with Crippen LogP contribution in [0.15, 0.2) is 97.1 Å². The lowest BCUT2D eigenvalue weighted by molar-refractivity contribution is 0.0723. The molecule has 0 atom stereocenters. The van der Waals surface area contributed by atoms with Crippen LogP contribution in [-0.4, -0.2) is 26.2 Å². The highest BCUT2D eigenvalue weighted by Crippen LogP contribution is 2.33. The van der Waals surface area contributed by atoms with Crippen LogP contribution in [0.2, 0.25) is 0 Å². The summed E-state index contributed by atoms with van der Waals surface area (Å²) in [7, 11) is 3.19. The molecule has 5 aromatic rings. The van der Waals surface area contributed by atoms with E-state index in [1.807, 2.05) is 48.5 Å². The number of hydrogen-bond acceptors (Lipinski definition) is 6. The molecule has 0 saturated heterocycles. The average molecular weight is 479 g/mol. The molecule has 6 heteroatoms. The predicted octanol–water partition coefficient (Wildman–Crippen LogP) is 6.45. The summed E-state index contributed by atoms with van der Waals surface area (Å²) in [6.07, 6.45) is 0. The van der Waals surface area contributed by atoms with Crippen LogP contribution in [0.3, 0.4) is 0 Å². The van der Waals surface area contributed by atoms with Crippen molar-refractivity contribution in [2.24, 2.45) is 0 Å². The number of fused-ring (bicyclic) bond motifs is 2. The summed E-state index contributed by atoms with van der Waals surface area (Å²) in [6.45, 7) is 0. The fourth-order valence-electron chi connectivity index (χ4n) is 4.10. The van der Waals surface area contributed by atoms with E-state index < -0.39 is 11.9 Å². The highest BCUT2D eigenvalue weighted by atomic mass is 16.5. The minimum absolute atomic E-state index is 0.307. The molecule has 0 saturated carbocycles. The second kappa shape index (κ2) is 9.80. The van der Waals surface area contributed by atoms with Crippen molar-refractivity contribution in [3.8, 4) is 23.0 Å². The van der Waals surface area contributed by atoms with Crippen molar-refractivity contribution < 1.29 is 28.5 Å². The number of carbonyl (C=O) groups is 2. The topological polar surface area (TPSA) is 71.1 Å². The van der Waals surface area contributed by atoms with E-state index in [4.69, 9.17) is 18.9 Å². The Morgan fingerprint density at radius 1 is 0.444 bits per heavy atom. The van der Waals surface area contributed by atoms with Gasteiger partial charge in [-0.3, -0.25) is 0 Å². The zero-order valence-electron chi connectivity index (χ0n) is 19.7. The molecule has 6 nitrogen and oxygen atoms in total. The summed E-state index contributed by atoms with van der Waals surface area (Å²) >= 11 is 0. The molecule has 178 valence electrons. The molecule has 0 unspecified atom stereocenters. The molecule has 0 N–H and O–H groups in total. The summed E-state index contributed by atoms with van der Waals surface area (Å²) in [5.41, 5.74) is 0.614. The lowest BCUT2D eigenvalue weighted by atomic mass is 10.1. The minimum Gasteiger partial charge on any atom is -0.496 e. The molecule has 0 bridgehead atoms. The molecule has 0 heterocycles. The highest BCUT2D eigenvalue weighted by molar-refractivity contribution is 6.00. The van der Waals surface area contributed by atoms with Gasteiger partial charge in [-0.05, 0) is 48.5 Å². The molecule has 0 aliphatic carbocycles. The second-order valence-electron chi connectivity index (χ2n) is 7.98. The highest BCUT2D eigenvalue weighted by Gasteiger charge is 2.16. The van der Waals surface area contributed by atoms with Crippen LogP contribution in [0.1, 0.15) is 20.7 Å². The number of esters is 2. The van der Waals surface area contributed by atoms with E-state index in [1.54, 1.807) is 38.5 Å². The Kier molecular flexibility index (Phi) is 6.24. The fraction of sp³-hybridized carbons (Fsp3) is 0.0667. The van der Waals surface area contributed by atoms with Crippen LogP contribution in [0.5, 0.6) is 23.0 Å². The smallest absolute Gasteiger partial charge is 0.343 e. The lowest BCUT2D eigenvalue weighted by Gasteiger charge is -2.11. The summed E-state index contributed by atoms with van der Waals surface area (Å²) in [5, 5.41) is 3.21. The summed E-state index contributed by atoms with van der Waals surface area (Å²) in [4.78, 5) is 25.6. The van der Waals surface area contributed by atoms with Gasteiger partial charge in [-0.15, -0.1) is 0 Å². The molecule has 0 amide bonds. The first-order valence-corrected chi connectivity index (χ1v) is 11.2. The van der Waals surface area contributed by atoms with Gasteiger partial charge in [0.05, 0.1) is 25.3 Å². The predicted molar refractivity (Wildman–Crippen MR) is 137 cm³/mol. The Bertz CT molecular complexity index is 1470. The number of rotatable bonds is 6. The van der Waals surface area contributed by atoms with Gasteiger partial charge in [0.25, 0.3) is 0 Å². The van der Waals surface area contributed by atoms with Crippen LogP contribution >= 0.6 is 0 Å². The van der Waals surface area contributed by atoms with Crippen molar-refractivity contribution in [3.63, 3.8) is 0 Å². The van der Waals surface area contributed by atoms with E-state index in [9.17, 15) is 9.59 Å². The number of benzene rings is 5. The van der Waals surface area contributed by atoms with Crippen LogP contribution in [-0.2, 0) is 0 Å². The van der Waals surface area contributed by atoms with Crippen LogP contribution < -0.4 is 18.9 Å². The lowest BCUT2D eigenvalue weighted by Crippen LogP contribution is -2.11. The molecule has 0 radical (unpaired) electrons. The molecular weight excluding hydrogens is 456 g/mol. The molecular formula is C30H22O6. The van der Waals surface area contributed by atoms with Crippen LogP contribution in [0.4, 0.5) is 0 Å². The van der Waals surface area contributed by atoms with Gasteiger partial charge < -0.3 is 18.9 Å². The van der Waals surface area contributed by atoms with Crippen molar-refractivity contribution in [2.45, 2.75) is 0 Å². The average Bonchev–Trinajstić information content (AvgIpc) is 2.92. The van der Waals surface area contributed by atoms with Crippen molar-refractivity contribution in [1.29, 1.82) is 0 Å². The summed E-state index contributed by atoms with van der Waals surface area (Å²) in [6, 6.07) is 28.1. The van der Waals surface area contributed by atoms with Gasteiger partial charge in [0.1, 0.15) is 23.0 Å². The number of hydrogen-bond donors (Lipinski definition) is 0. The molecule has 5 rings (SSSR count). The second-order valence-corrected chi connectivity index (χ2v) is 7.98. The molecule has 0 fully saturated rings. The van der Waals surface area contributed by atoms with Gasteiger partial charge in [0.2, 0.25) is 0 Å². The third kappa shape index (κ3) is 4.32. The normalized spacial score (nSPS) is 10.7. The maximum atomic E-state index is 12.8. The molecule has 0 aliphatic heterocycles. The number of ether oxygens (including phenoxy) is 4. The standard InChI is InChI=1S/C30H22O6/c1-33-25-11-3-9-23-21(25)7-5-13-27(23)35-29(31)19-15-17-20(18-16-19)30(32)36-28-14-6-8-22-24(28)10-4-12-26(22)34-2/h3-18H,1-2H3. The fourth-order valence-corrected chi connectivity index (χ4v) is 4.10. The third-order valence-electron chi connectivity index (χ3n) is 5.89. The van der Waals surface area contributed by atoms with Crippen molar-refractivity contribution in [3.05, 3.63) is 108 Å². The quantitative estimate of drug-likeness (QED) is 0.206. The van der Waals surface area contributed by atoms with Crippen LogP contribution in [0.25, 0.3) is 21.5 Å². The molecule has 0 spiro atoms. The minimum atomic E-state index is -0.536. The van der Waals surface area contributed by atoms with Crippen molar-refractivity contribution in [2.75, 3.05) is 14.2 Å². The zero-order chi connectivity index (χ0) is 25.1.